The van der Waals surface area contributed by atoms with Crippen LogP contribution >= 0.6 is 0 Å². The van der Waals surface area contributed by atoms with E-state index in [0.717, 1.165) is 0 Å². The lowest BCUT2D eigenvalue weighted by molar-refractivity contribution is -0.173. The number of carboxylic acid groups (broad SMARTS) is 1. The van der Waals surface area contributed by atoms with Gasteiger partial charge in [-0.3, -0.25) is 9.59 Å². The average molecular weight is 239 g/mol. The molecule has 1 saturated carbocycles. The molecule has 0 spiro atoms. The highest BCUT2D eigenvalue weighted by molar-refractivity contribution is 5.81. The van der Waals surface area contributed by atoms with E-state index < -0.39 is 18.1 Å². The van der Waals surface area contributed by atoms with Crippen molar-refractivity contribution in [2.75, 3.05) is 6.54 Å². The van der Waals surface area contributed by atoms with Crippen molar-refractivity contribution in [1.82, 2.24) is 5.32 Å². The van der Waals surface area contributed by atoms with E-state index in [0.29, 0.717) is 19.3 Å². The molecular formula is C9H12F3NO3. The summed E-state index contributed by atoms with van der Waals surface area (Å²) in [5, 5.41) is 10.3. The third-order valence-electron chi connectivity index (χ3n) is 2.68. The number of amides is 1. The summed E-state index contributed by atoms with van der Waals surface area (Å²) in [6.45, 7) is -0.0602. The zero-order valence-electron chi connectivity index (χ0n) is 8.38. The van der Waals surface area contributed by atoms with Gasteiger partial charge in [0.25, 0.3) is 0 Å². The van der Waals surface area contributed by atoms with Crippen molar-refractivity contribution in [2.45, 2.75) is 25.4 Å². The first-order valence-electron chi connectivity index (χ1n) is 4.88. The van der Waals surface area contributed by atoms with E-state index in [2.05, 4.69) is 0 Å². The highest BCUT2D eigenvalue weighted by atomic mass is 19.4. The standard InChI is InChI=1S/C9H12F3NO3/c10-9(11,12)8(16)13-2-1-5-3-6(4-5)7(14)15/h5-6H,1-4H2,(H,13,16)(H,14,15). The third-order valence-corrected chi connectivity index (χ3v) is 2.68. The lowest BCUT2D eigenvalue weighted by atomic mass is 9.73. The summed E-state index contributed by atoms with van der Waals surface area (Å²) in [7, 11) is 0. The highest BCUT2D eigenvalue weighted by Gasteiger charge is 2.39. The molecule has 92 valence electrons. The minimum atomic E-state index is -4.84. The Balaban J connectivity index is 2.10. The van der Waals surface area contributed by atoms with Crippen LogP contribution in [0, 0.1) is 11.8 Å². The number of rotatable bonds is 4. The number of hydrogen-bond acceptors (Lipinski definition) is 2. The molecule has 2 N–H and O–H groups in total. The number of aliphatic carboxylic acids is 1. The van der Waals surface area contributed by atoms with Crippen LogP contribution in [0.1, 0.15) is 19.3 Å². The fraction of sp³-hybridized carbons (Fsp3) is 0.778. The number of hydrogen-bond donors (Lipinski definition) is 2. The van der Waals surface area contributed by atoms with Gasteiger partial charge in [-0.2, -0.15) is 13.2 Å². The third kappa shape index (κ3) is 3.39. The van der Waals surface area contributed by atoms with Crippen molar-refractivity contribution in [3.63, 3.8) is 0 Å². The molecule has 1 fully saturated rings. The first-order chi connectivity index (χ1) is 7.30. The number of carbonyl (C=O) groups excluding carboxylic acids is 1. The van der Waals surface area contributed by atoms with Crippen molar-refractivity contribution in [3.8, 4) is 0 Å². The first-order valence-corrected chi connectivity index (χ1v) is 4.88. The van der Waals surface area contributed by atoms with Crippen molar-refractivity contribution >= 4 is 11.9 Å². The van der Waals surface area contributed by atoms with Gasteiger partial charge in [0.15, 0.2) is 0 Å². The molecule has 1 aliphatic carbocycles. The maximum atomic E-state index is 11.7. The molecule has 1 aliphatic rings. The molecule has 7 heteroatoms. The van der Waals surface area contributed by atoms with Gasteiger partial charge in [-0.05, 0) is 25.2 Å². The molecule has 1 rings (SSSR count). The fourth-order valence-electron chi connectivity index (χ4n) is 1.66. The second-order valence-electron chi connectivity index (χ2n) is 3.91. The zero-order chi connectivity index (χ0) is 12.3. The van der Waals surface area contributed by atoms with Gasteiger partial charge in [-0.1, -0.05) is 0 Å². The zero-order valence-corrected chi connectivity index (χ0v) is 8.38. The minimum absolute atomic E-state index is 0.0602. The van der Waals surface area contributed by atoms with Gasteiger partial charge in [0.1, 0.15) is 0 Å². The topological polar surface area (TPSA) is 66.4 Å². The molecule has 0 atom stereocenters. The van der Waals surface area contributed by atoms with Gasteiger partial charge in [0.2, 0.25) is 0 Å². The smallest absolute Gasteiger partial charge is 0.471 e. The van der Waals surface area contributed by atoms with Crippen LogP contribution in [0.15, 0.2) is 0 Å². The summed E-state index contributed by atoms with van der Waals surface area (Å²) >= 11 is 0. The fourth-order valence-corrected chi connectivity index (χ4v) is 1.66. The summed E-state index contributed by atoms with van der Waals surface area (Å²) in [6.07, 6.45) is -3.48. The normalized spacial score (nSPS) is 24.7. The molecule has 0 heterocycles. The number of halogens is 3. The molecule has 1 amide bonds. The number of carboxylic acids is 1. The molecule has 0 aliphatic heterocycles. The van der Waals surface area contributed by atoms with E-state index >= 15 is 0 Å². The molecule has 0 unspecified atom stereocenters. The average Bonchev–Trinajstić information content (AvgIpc) is 2.05. The van der Waals surface area contributed by atoms with Gasteiger partial charge in [0.05, 0.1) is 5.92 Å². The molecule has 0 aromatic rings. The Bertz CT molecular complexity index is 284. The van der Waals surface area contributed by atoms with Crippen molar-refractivity contribution < 1.29 is 27.9 Å². The van der Waals surface area contributed by atoms with Crippen LogP contribution in [0.5, 0.6) is 0 Å². The summed E-state index contributed by atoms with van der Waals surface area (Å²) in [5.74, 6) is -3.07. The summed E-state index contributed by atoms with van der Waals surface area (Å²) in [4.78, 5) is 20.8. The maximum Gasteiger partial charge on any atom is 0.471 e. The van der Waals surface area contributed by atoms with Crippen molar-refractivity contribution in [1.29, 1.82) is 0 Å². The van der Waals surface area contributed by atoms with E-state index in [9.17, 15) is 22.8 Å². The molecule has 0 aromatic carbocycles. The Hall–Kier alpha value is -1.27. The minimum Gasteiger partial charge on any atom is -0.481 e. The highest BCUT2D eigenvalue weighted by Crippen LogP contribution is 2.35. The lowest BCUT2D eigenvalue weighted by Crippen LogP contribution is -2.39. The second-order valence-corrected chi connectivity index (χ2v) is 3.91. The summed E-state index contributed by atoms with van der Waals surface area (Å²) < 4.78 is 35.2. The molecule has 16 heavy (non-hydrogen) atoms. The number of carbonyl (C=O) groups is 2. The predicted molar refractivity (Wildman–Crippen MR) is 47.5 cm³/mol. The Morgan fingerprint density at radius 3 is 2.31 bits per heavy atom. The Morgan fingerprint density at radius 1 is 1.31 bits per heavy atom. The molecule has 0 bridgehead atoms. The predicted octanol–water partition coefficient (Wildman–Crippen LogP) is 1.17. The summed E-state index contributed by atoms with van der Waals surface area (Å²) in [5.41, 5.74) is 0. The van der Waals surface area contributed by atoms with E-state index in [4.69, 9.17) is 5.11 Å². The SMILES string of the molecule is O=C(O)C1CC(CCNC(=O)C(F)(F)F)C1. The Kier molecular flexibility index (Phi) is 3.77. The number of nitrogens with one attached hydrogen (secondary N) is 1. The quantitative estimate of drug-likeness (QED) is 0.773. The lowest BCUT2D eigenvalue weighted by Gasteiger charge is -2.32. The Labute approximate surface area is 89.8 Å². The molecule has 0 radical (unpaired) electrons. The van der Waals surface area contributed by atoms with Gasteiger partial charge in [0, 0.05) is 6.54 Å². The first kappa shape index (κ1) is 12.8. The monoisotopic (exact) mass is 239 g/mol. The van der Waals surface area contributed by atoms with E-state index in [1.165, 1.54) is 0 Å². The molecule has 0 aromatic heterocycles. The van der Waals surface area contributed by atoms with E-state index in [1.807, 2.05) is 0 Å². The molecule has 0 saturated heterocycles. The molecule has 4 nitrogen and oxygen atoms in total. The summed E-state index contributed by atoms with van der Waals surface area (Å²) in [6, 6.07) is 0. The van der Waals surface area contributed by atoms with Crippen LogP contribution in [0.4, 0.5) is 13.2 Å². The van der Waals surface area contributed by atoms with E-state index in [1.54, 1.807) is 5.32 Å². The van der Waals surface area contributed by atoms with Crippen molar-refractivity contribution in [2.24, 2.45) is 11.8 Å². The second kappa shape index (κ2) is 4.71. The van der Waals surface area contributed by atoms with Gasteiger partial charge < -0.3 is 10.4 Å². The van der Waals surface area contributed by atoms with Gasteiger partial charge in [-0.15, -0.1) is 0 Å². The number of alkyl halides is 3. The Morgan fingerprint density at radius 2 is 1.88 bits per heavy atom. The van der Waals surface area contributed by atoms with Crippen LogP contribution < -0.4 is 5.32 Å². The van der Waals surface area contributed by atoms with Crippen LogP contribution in [-0.4, -0.2) is 29.7 Å². The van der Waals surface area contributed by atoms with E-state index in [-0.39, 0.29) is 18.4 Å². The van der Waals surface area contributed by atoms with Crippen LogP contribution in [0.2, 0.25) is 0 Å². The van der Waals surface area contributed by atoms with Gasteiger partial charge in [-0.25, -0.2) is 0 Å². The van der Waals surface area contributed by atoms with Gasteiger partial charge >= 0.3 is 18.1 Å². The van der Waals surface area contributed by atoms with Crippen molar-refractivity contribution in [3.05, 3.63) is 0 Å². The largest absolute Gasteiger partial charge is 0.481 e. The maximum absolute atomic E-state index is 11.7. The van der Waals surface area contributed by atoms with Crippen LogP contribution in [-0.2, 0) is 9.59 Å². The van der Waals surface area contributed by atoms with Crippen LogP contribution in [0.3, 0.4) is 0 Å². The van der Waals surface area contributed by atoms with Crippen LogP contribution in [0.25, 0.3) is 0 Å². The molecular weight excluding hydrogens is 227 g/mol.